The third kappa shape index (κ3) is 4.44. The summed E-state index contributed by atoms with van der Waals surface area (Å²) in [5.41, 5.74) is 1.24. The Kier molecular flexibility index (Phi) is 6.15. The van der Waals surface area contributed by atoms with Gasteiger partial charge in [-0.1, -0.05) is 0 Å². The number of hydrogen-bond donors (Lipinski definition) is 1. The molecule has 0 spiro atoms. The van der Waals surface area contributed by atoms with E-state index in [0.717, 1.165) is 57.9 Å². The molecule has 1 unspecified atom stereocenters. The van der Waals surface area contributed by atoms with Gasteiger partial charge in [0.15, 0.2) is 0 Å². The fourth-order valence-electron chi connectivity index (χ4n) is 3.87. The van der Waals surface area contributed by atoms with Crippen LogP contribution in [0.3, 0.4) is 0 Å². The van der Waals surface area contributed by atoms with Crippen molar-refractivity contribution >= 4 is 11.6 Å². The van der Waals surface area contributed by atoms with Gasteiger partial charge in [0, 0.05) is 57.4 Å². The Hall–Kier alpha value is -1.79. The summed E-state index contributed by atoms with van der Waals surface area (Å²) < 4.78 is 5.23. The number of ether oxygens (including phenoxy) is 1. The number of benzene rings is 1. The van der Waals surface area contributed by atoms with Crippen LogP contribution in [0.5, 0.6) is 5.75 Å². The van der Waals surface area contributed by atoms with Crippen LogP contribution in [-0.4, -0.2) is 79.8 Å². The molecule has 6 heteroatoms. The zero-order valence-electron chi connectivity index (χ0n) is 15.1. The first-order chi connectivity index (χ1) is 12.2. The maximum absolute atomic E-state index is 12.0. The van der Waals surface area contributed by atoms with E-state index in [2.05, 4.69) is 21.9 Å². The van der Waals surface area contributed by atoms with Crippen LogP contribution in [0, 0.1) is 0 Å². The largest absolute Gasteiger partial charge is 0.497 e. The van der Waals surface area contributed by atoms with Crippen molar-refractivity contribution in [1.29, 1.82) is 0 Å². The number of rotatable bonds is 5. The number of piperazine rings is 1. The molecule has 0 bridgehead atoms. The van der Waals surface area contributed by atoms with Crippen LogP contribution < -0.4 is 9.64 Å². The molecule has 1 atom stereocenters. The van der Waals surface area contributed by atoms with E-state index in [-0.39, 0.29) is 18.9 Å². The average Bonchev–Trinajstić information content (AvgIpc) is 2.68. The molecular weight excluding hydrogens is 318 g/mol. The summed E-state index contributed by atoms with van der Waals surface area (Å²) in [4.78, 5) is 18.9. The standard InChI is InChI=1S/C19H29N3O3/c1-25-18-6-4-16(5-7-18)20-10-12-21(13-11-20)17-3-2-9-22(15-17)19(24)8-14-23/h4-7,17,23H,2-3,8-15H2,1H3. The Morgan fingerprint density at radius 3 is 2.52 bits per heavy atom. The van der Waals surface area contributed by atoms with Gasteiger partial charge < -0.3 is 19.6 Å². The lowest BCUT2D eigenvalue weighted by molar-refractivity contribution is -0.134. The van der Waals surface area contributed by atoms with Crippen molar-refractivity contribution < 1.29 is 14.6 Å². The molecule has 138 valence electrons. The monoisotopic (exact) mass is 347 g/mol. The minimum Gasteiger partial charge on any atom is -0.497 e. The van der Waals surface area contributed by atoms with E-state index < -0.39 is 0 Å². The van der Waals surface area contributed by atoms with E-state index in [1.807, 2.05) is 17.0 Å². The van der Waals surface area contributed by atoms with Gasteiger partial charge in [0.1, 0.15) is 5.75 Å². The number of aliphatic hydroxyl groups excluding tert-OH is 1. The molecule has 0 aliphatic carbocycles. The number of carbonyl (C=O) groups excluding carboxylic acids is 1. The van der Waals surface area contributed by atoms with Crippen molar-refractivity contribution in [2.45, 2.75) is 25.3 Å². The highest BCUT2D eigenvalue weighted by atomic mass is 16.5. The molecule has 2 fully saturated rings. The van der Waals surface area contributed by atoms with Gasteiger partial charge in [0.05, 0.1) is 13.7 Å². The van der Waals surface area contributed by atoms with Gasteiger partial charge in [-0.05, 0) is 37.1 Å². The van der Waals surface area contributed by atoms with Crippen LogP contribution in [0.25, 0.3) is 0 Å². The minimum atomic E-state index is -0.0550. The third-order valence-corrected chi connectivity index (χ3v) is 5.34. The fourth-order valence-corrected chi connectivity index (χ4v) is 3.87. The predicted octanol–water partition coefficient (Wildman–Crippen LogP) is 1.19. The van der Waals surface area contributed by atoms with Gasteiger partial charge in [-0.15, -0.1) is 0 Å². The first-order valence-electron chi connectivity index (χ1n) is 9.23. The third-order valence-electron chi connectivity index (χ3n) is 5.34. The number of carbonyl (C=O) groups is 1. The molecule has 1 amide bonds. The van der Waals surface area contributed by atoms with E-state index in [1.54, 1.807) is 7.11 Å². The number of aliphatic hydroxyl groups is 1. The summed E-state index contributed by atoms with van der Waals surface area (Å²) in [7, 11) is 1.69. The van der Waals surface area contributed by atoms with Crippen molar-refractivity contribution in [3.63, 3.8) is 0 Å². The molecule has 6 nitrogen and oxygen atoms in total. The first kappa shape index (κ1) is 18.0. The second kappa shape index (κ2) is 8.54. The second-order valence-corrected chi connectivity index (χ2v) is 6.83. The Labute approximate surface area is 150 Å². The van der Waals surface area contributed by atoms with Crippen molar-refractivity contribution in [3.05, 3.63) is 24.3 Å². The first-order valence-corrected chi connectivity index (χ1v) is 9.23. The number of piperidine rings is 1. The molecule has 1 aromatic carbocycles. The number of hydrogen-bond acceptors (Lipinski definition) is 5. The smallest absolute Gasteiger partial charge is 0.224 e. The maximum Gasteiger partial charge on any atom is 0.224 e. The van der Waals surface area contributed by atoms with Gasteiger partial charge in [0.2, 0.25) is 5.91 Å². The summed E-state index contributed by atoms with van der Waals surface area (Å²) in [6.45, 7) is 5.65. The number of amides is 1. The van der Waals surface area contributed by atoms with E-state index in [9.17, 15) is 4.79 Å². The van der Waals surface area contributed by atoms with E-state index >= 15 is 0 Å². The molecule has 0 radical (unpaired) electrons. The molecule has 25 heavy (non-hydrogen) atoms. The molecule has 2 aliphatic heterocycles. The number of nitrogens with zero attached hydrogens (tertiary/aromatic N) is 3. The number of methoxy groups -OCH3 is 1. The van der Waals surface area contributed by atoms with Crippen molar-refractivity contribution in [2.24, 2.45) is 0 Å². The minimum absolute atomic E-state index is 0.0550. The lowest BCUT2D eigenvalue weighted by atomic mass is 10.0. The molecule has 3 rings (SSSR count). The van der Waals surface area contributed by atoms with Gasteiger partial charge >= 0.3 is 0 Å². The molecule has 0 aromatic heterocycles. The normalized spacial score (nSPS) is 22.1. The zero-order valence-corrected chi connectivity index (χ0v) is 15.1. The zero-order chi connectivity index (χ0) is 17.6. The summed E-state index contributed by atoms with van der Waals surface area (Å²) in [6.07, 6.45) is 2.46. The molecular formula is C19H29N3O3. The van der Waals surface area contributed by atoms with E-state index in [1.165, 1.54) is 5.69 Å². The van der Waals surface area contributed by atoms with Crippen LogP contribution in [0.1, 0.15) is 19.3 Å². The van der Waals surface area contributed by atoms with Crippen LogP contribution in [0.15, 0.2) is 24.3 Å². The summed E-state index contributed by atoms with van der Waals surface area (Å²) in [5.74, 6) is 0.973. The highest BCUT2D eigenvalue weighted by Crippen LogP contribution is 2.23. The topological polar surface area (TPSA) is 56.2 Å². The Bertz CT molecular complexity index is 556. The molecule has 1 N–H and O–H groups in total. The van der Waals surface area contributed by atoms with Crippen molar-refractivity contribution in [1.82, 2.24) is 9.80 Å². The molecule has 1 aromatic rings. The Morgan fingerprint density at radius 2 is 1.88 bits per heavy atom. The van der Waals surface area contributed by atoms with E-state index in [4.69, 9.17) is 9.84 Å². The van der Waals surface area contributed by atoms with Crippen molar-refractivity contribution in [2.75, 3.05) is 57.9 Å². The van der Waals surface area contributed by atoms with Gasteiger partial charge in [-0.3, -0.25) is 9.69 Å². The van der Waals surface area contributed by atoms with Crippen LogP contribution in [0.4, 0.5) is 5.69 Å². The molecule has 2 saturated heterocycles. The fraction of sp³-hybridized carbons (Fsp3) is 0.632. The summed E-state index contributed by atoms with van der Waals surface area (Å²) in [5, 5.41) is 8.98. The van der Waals surface area contributed by atoms with Crippen LogP contribution in [0.2, 0.25) is 0 Å². The van der Waals surface area contributed by atoms with Gasteiger partial charge in [0.25, 0.3) is 0 Å². The average molecular weight is 347 g/mol. The molecule has 2 heterocycles. The molecule has 0 saturated carbocycles. The second-order valence-electron chi connectivity index (χ2n) is 6.83. The lowest BCUT2D eigenvalue weighted by Gasteiger charge is -2.44. The summed E-state index contributed by atoms with van der Waals surface area (Å²) in [6, 6.07) is 8.70. The van der Waals surface area contributed by atoms with Gasteiger partial charge in [-0.2, -0.15) is 0 Å². The highest BCUT2D eigenvalue weighted by Gasteiger charge is 2.29. The SMILES string of the molecule is COc1ccc(N2CCN(C3CCCN(C(=O)CCO)C3)CC2)cc1. The maximum atomic E-state index is 12.0. The Balaban J connectivity index is 1.52. The number of anilines is 1. The summed E-state index contributed by atoms with van der Waals surface area (Å²) >= 11 is 0. The number of likely N-dealkylation sites (tertiary alicyclic amines) is 1. The highest BCUT2D eigenvalue weighted by molar-refractivity contribution is 5.76. The van der Waals surface area contributed by atoms with Crippen molar-refractivity contribution in [3.8, 4) is 5.75 Å². The van der Waals surface area contributed by atoms with Crippen LogP contribution >= 0.6 is 0 Å². The van der Waals surface area contributed by atoms with Crippen LogP contribution in [-0.2, 0) is 4.79 Å². The Morgan fingerprint density at radius 1 is 1.16 bits per heavy atom. The lowest BCUT2D eigenvalue weighted by Crippen LogP contribution is -2.55. The van der Waals surface area contributed by atoms with E-state index in [0.29, 0.717) is 6.04 Å². The quantitative estimate of drug-likeness (QED) is 0.867. The molecule has 2 aliphatic rings. The van der Waals surface area contributed by atoms with Gasteiger partial charge in [-0.25, -0.2) is 0 Å². The predicted molar refractivity (Wildman–Crippen MR) is 98.1 cm³/mol.